The highest BCUT2D eigenvalue weighted by Crippen LogP contribution is 2.32. The molecule has 0 spiro atoms. The van der Waals surface area contributed by atoms with Gasteiger partial charge in [-0.25, -0.2) is 0 Å². The molecule has 0 aliphatic carbocycles. The van der Waals surface area contributed by atoms with Gasteiger partial charge in [0.25, 0.3) is 0 Å². The van der Waals surface area contributed by atoms with Crippen LogP contribution in [0.15, 0.2) is 35.7 Å². The zero-order valence-electron chi connectivity index (χ0n) is 8.95. The molecule has 0 saturated heterocycles. The van der Waals surface area contributed by atoms with Gasteiger partial charge in [0.2, 0.25) is 5.88 Å². The van der Waals surface area contributed by atoms with Crippen LogP contribution in [-0.4, -0.2) is 0 Å². The first kappa shape index (κ1) is 12.3. The fourth-order valence-electron chi connectivity index (χ4n) is 1.60. The minimum atomic E-state index is -4.38. The Morgan fingerprint density at radius 3 is 2.39 bits per heavy atom. The van der Waals surface area contributed by atoms with Gasteiger partial charge in [-0.2, -0.15) is 18.4 Å². The maximum atomic E-state index is 12.4. The highest BCUT2D eigenvalue weighted by Gasteiger charge is 2.32. The third-order valence-electron chi connectivity index (χ3n) is 2.53. The number of nitrogens with zero attached hydrogens (tertiary/aromatic N) is 1. The molecule has 3 N–H and O–H groups in total. The van der Waals surface area contributed by atoms with Crippen molar-refractivity contribution in [3.05, 3.63) is 46.8 Å². The average molecular weight is 255 g/mol. The van der Waals surface area contributed by atoms with Crippen LogP contribution in [0.2, 0.25) is 0 Å². The molecule has 0 radical (unpaired) electrons. The van der Waals surface area contributed by atoms with Crippen molar-refractivity contribution >= 4 is 0 Å². The van der Waals surface area contributed by atoms with E-state index in [9.17, 15) is 13.2 Å². The van der Waals surface area contributed by atoms with Gasteiger partial charge in [-0.05, 0) is 17.7 Å². The van der Waals surface area contributed by atoms with Gasteiger partial charge >= 0.3 is 6.18 Å². The van der Waals surface area contributed by atoms with E-state index in [-0.39, 0.29) is 11.5 Å². The lowest BCUT2D eigenvalue weighted by atomic mass is 10.00. The number of rotatable bonds is 1. The van der Waals surface area contributed by atoms with Crippen molar-refractivity contribution in [3.8, 4) is 6.07 Å². The number of hydroxylamine groups is 1. The molecule has 1 aromatic rings. The monoisotopic (exact) mass is 255 g/mol. The molecule has 2 rings (SSSR count). The molecule has 18 heavy (non-hydrogen) atoms. The Bertz CT molecular complexity index is 528. The fourth-order valence-corrected chi connectivity index (χ4v) is 1.60. The van der Waals surface area contributed by atoms with Crippen LogP contribution in [0.5, 0.6) is 0 Å². The first-order chi connectivity index (χ1) is 8.43. The number of hydrogen-bond acceptors (Lipinski definition) is 4. The topological polar surface area (TPSA) is 71.1 Å². The Morgan fingerprint density at radius 1 is 1.28 bits per heavy atom. The van der Waals surface area contributed by atoms with E-state index in [1.807, 2.05) is 6.07 Å². The summed E-state index contributed by atoms with van der Waals surface area (Å²) in [4.78, 5) is 4.78. The second kappa shape index (κ2) is 4.23. The summed E-state index contributed by atoms with van der Waals surface area (Å²) in [6.45, 7) is 0. The SMILES string of the molecule is N#CC1=C(N)ONC1c1ccc(C(F)(F)F)cc1. The molecular weight excluding hydrogens is 247 g/mol. The third kappa shape index (κ3) is 2.10. The predicted octanol–water partition coefficient (Wildman–Crippen LogP) is 1.98. The van der Waals surface area contributed by atoms with E-state index in [1.54, 1.807) is 0 Å². The van der Waals surface area contributed by atoms with Crippen LogP contribution in [0.3, 0.4) is 0 Å². The van der Waals surface area contributed by atoms with Crippen LogP contribution in [0.4, 0.5) is 13.2 Å². The van der Waals surface area contributed by atoms with Crippen molar-refractivity contribution in [1.29, 1.82) is 5.26 Å². The van der Waals surface area contributed by atoms with Crippen molar-refractivity contribution < 1.29 is 18.0 Å². The number of hydrogen-bond donors (Lipinski definition) is 2. The molecule has 1 heterocycles. The average Bonchev–Trinajstić information content (AvgIpc) is 2.69. The summed E-state index contributed by atoms with van der Waals surface area (Å²) in [6.07, 6.45) is -4.38. The van der Waals surface area contributed by atoms with Gasteiger partial charge in [0.05, 0.1) is 5.56 Å². The maximum absolute atomic E-state index is 12.4. The summed E-state index contributed by atoms with van der Waals surface area (Å²) in [6, 6.07) is 5.66. The van der Waals surface area contributed by atoms with Crippen LogP contribution in [0.1, 0.15) is 17.2 Å². The van der Waals surface area contributed by atoms with E-state index < -0.39 is 17.8 Å². The van der Waals surface area contributed by atoms with E-state index in [0.29, 0.717) is 5.56 Å². The molecular formula is C11H8F3N3O. The Kier molecular flexibility index (Phi) is 2.88. The first-order valence-corrected chi connectivity index (χ1v) is 4.92. The van der Waals surface area contributed by atoms with Gasteiger partial charge in [0.1, 0.15) is 17.7 Å². The number of nitrogens with one attached hydrogen (secondary N) is 1. The lowest BCUT2D eigenvalue weighted by Crippen LogP contribution is -2.15. The Morgan fingerprint density at radius 2 is 1.89 bits per heavy atom. The smallest absolute Gasteiger partial charge is 0.389 e. The fraction of sp³-hybridized carbons (Fsp3) is 0.182. The van der Waals surface area contributed by atoms with Gasteiger partial charge in [0.15, 0.2) is 0 Å². The molecule has 1 aliphatic rings. The summed E-state index contributed by atoms with van der Waals surface area (Å²) in [5.74, 6) is -0.0672. The van der Waals surface area contributed by atoms with Gasteiger partial charge < -0.3 is 10.6 Å². The summed E-state index contributed by atoms with van der Waals surface area (Å²) in [5.41, 5.74) is 7.76. The molecule has 4 nitrogen and oxygen atoms in total. The van der Waals surface area contributed by atoms with E-state index >= 15 is 0 Å². The molecule has 0 bridgehead atoms. The molecule has 7 heteroatoms. The van der Waals surface area contributed by atoms with E-state index in [0.717, 1.165) is 12.1 Å². The first-order valence-electron chi connectivity index (χ1n) is 4.92. The van der Waals surface area contributed by atoms with Crippen molar-refractivity contribution in [2.24, 2.45) is 5.73 Å². The van der Waals surface area contributed by atoms with Crippen LogP contribution >= 0.6 is 0 Å². The quantitative estimate of drug-likeness (QED) is 0.804. The molecule has 0 amide bonds. The number of halogens is 3. The molecule has 1 aromatic carbocycles. The predicted molar refractivity (Wildman–Crippen MR) is 55.2 cm³/mol. The van der Waals surface area contributed by atoms with Crippen LogP contribution < -0.4 is 11.2 Å². The van der Waals surface area contributed by atoms with Crippen LogP contribution in [-0.2, 0) is 11.0 Å². The standard InChI is InChI=1S/C11H8F3N3O/c12-11(13,14)7-3-1-6(2-4-7)9-8(5-15)10(16)18-17-9/h1-4,9,17H,16H2. The number of nitriles is 1. The summed E-state index contributed by atoms with van der Waals surface area (Å²) >= 11 is 0. The third-order valence-corrected chi connectivity index (χ3v) is 2.53. The Balaban J connectivity index is 2.30. The van der Waals surface area contributed by atoms with Gasteiger partial charge in [-0.1, -0.05) is 12.1 Å². The minimum absolute atomic E-state index is 0.0672. The van der Waals surface area contributed by atoms with E-state index in [2.05, 4.69) is 5.48 Å². The number of nitrogens with two attached hydrogens (primary N) is 1. The van der Waals surface area contributed by atoms with Gasteiger partial charge in [0, 0.05) is 0 Å². The Labute approximate surface area is 100 Å². The second-order valence-corrected chi connectivity index (χ2v) is 3.66. The highest BCUT2D eigenvalue weighted by molar-refractivity contribution is 5.39. The maximum Gasteiger partial charge on any atom is 0.416 e. The normalized spacial score (nSPS) is 19.6. The lowest BCUT2D eigenvalue weighted by molar-refractivity contribution is -0.137. The molecule has 94 valence electrons. The highest BCUT2D eigenvalue weighted by atomic mass is 19.4. The summed E-state index contributed by atoms with van der Waals surface area (Å²) < 4.78 is 37.1. The van der Waals surface area contributed by atoms with Gasteiger partial charge in [-0.3, -0.25) is 0 Å². The van der Waals surface area contributed by atoms with E-state index in [1.165, 1.54) is 12.1 Å². The molecule has 0 saturated carbocycles. The van der Waals surface area contributed by atoms with Crippen molar-refractivity contribution in [2.45, 2.75) is 12.2 Å². The molecule has 0 aromatic heterocycles. The summed E-state index contributed by atoms with van der Waals surface area (Å²) in [5, 5.41) is 8.86. The molecule has 0 fully saturated rings. The van der Waals surface area contributed by atoms with Crippen LogP contribution in [0.25, 0.3) is 0 Å². The zero-order chi connectivity index (χ0) is 13.3. The molecule has 1 unspecified atom stereocenters. The van der Waals surface area contributed by atoms with Crippen LogP contribution in [0, 0.1) is 11.3 Å². The summed E-state index contributed by atoms with van der Waals surface area (Å²) in [7, 11) is 0. The Hall–Kier alpha value is -2.20. The van der Waals surface area contributed by atoms with Crippen molar-refractivity contribution in [2.75, 3.05) is 0 Å². The molecule has 1 aliphatic heterocycles. The minimum Gasteiger partial charge on any atom is -0.389 e. The second-order valence-electron chi connectivity index (χ2n) is 3.66. The van der Waals surface area contributed by atoms with Crippen molar-refractivity contribution in [3.63, 3.8) is 0 Å². The van der Waals surface area contributed by atoms with Crippen molar-refractivity contribution in [1.82, 2.24) is 5.48 Å². The van der Waals surface area contributed by atoms with Gasteiger partial charge in [-0.15, -0.1) is 5.48 Å². The lowest BCUT2D eigenvalue weighted by Gasteiger charge is -2.11. The molecule has 1 atom stereocenters. The zero-order valence-corrected chi connectivity index (χ0v) is 8.95. The largest absolute Gasteiger partial charge is 0.416 e. The van der Waals surface area contributed by atoms with E-state index in [4.69, 9.17) is 15.8 Å². The number of alkyl halides is 3. The number of benzene rings is 1.